The number of fused-ring (bicyclic) bond motifs is 1. The molecule has 4 aliphatic heterocycles. The molecule has 0 bridgehead atoms. The van der Waals surface area contributed by atoms with Gasteiger partial charge in [-0.1, -0.05) is 6.08 Å². The van der Waals surface area contributed by atoms with Crippen LogP contribution in [0.1, 0.15) is 19.8 Å². The minimum absolute atomic E-state index is 0.00860. The summed E-state index contributed by atoms with van der Waals surface area (Å²) in [6, 6.07) is 0. The predicted molar refractivity (Wildman–Crippen MR) is 165 cm³/mol. The Bertz CT molecular complexity index is 1180. The summed E-state index contributed by atoms with van der Waals surface area (Å²) in [5.41, 5.74) is 0. The molecule has 4 heterocycles. The largest absolute Gasteiger partial charge is 0.450 e. The number of aldehydes is 1. The van der Waals surface area contributed by atoms with E-state index in [0.29, 0.717) is 19.1 Å². The van der Waals surface area contributed by atoms with Crippen LogP contribution in [0.5, 0.6) is 0 Å². The normalized spacial score (nSPS) is 41.8. The van der Waals surface area contributed by atoms with Crippen LogP contribution >= 0.6 is 0 Å². The van der Waals surface area contributed by atoms with Gasteiger partial charge in [-0.25, -0.2) is 9.59 Å². The van der Waals surface area contributed by atoms with E-state index in [9.17, 15) is 55.2 Å². The number of aliphatic hydroxyl groups is 8. The van der Waals surface area contributed by atoms with Gasteiger partial charge >= 0.3 is 12.2 Å². The molecule has 0 aromatic heterocycles. The Morgan fingerprint density at radius 2 is 1.33 bits per heavy atom. The van der Waals surface area contributed by atoms with Crippen LogP contribution in [0, 0.1) is 0 Å². The molecule has 52 heavy (non-hydrogen) atoms. The van der Waals surface area contributed by atoms with Crippen LogP contribution in [0.15, 0.2) is 12.7 Å². The van der Waals surface area contributed by atoms with E-state index in [-0.39, 0.29) is 19.7 Å². The van der Waals surface area contributed by atoms with Crippen molar-refractivity contribution >= 4 is 18.5 Å². The Morgan fingerprint density at radius 3 is 1.92 bits per heavy atom. The third-order valence-electron chi connectivity index (χ3n) is 8.63. The van der Waals surface area contributed by atoms with Crippen LogP contribution in [0.4, 0.5) is 9.59 Å². The lowest BCUT2D eigenvalue weighted by Crippen LogP contribution is -2.66. The first-order valence-electron chi connectivity index (χ1n) is 16.6. The smallest absolute Gasteiger partial charge is 0.407 e. The highest BCUT2D eigenvalue weighted by atomic mass is 16.8. The molecule has 0 aromatic rings. The molecular weight excluding hydrogens is 708 g/mol. The summed E-state index contributed by atoms with van der Waals surface area (Å²) < 4.78 is 49.4. The number of alkyl carbamates (subject to hydrolysis) is 2. The van der Waals surface area contributed by atoms with E-state index in [0.717, 1.165) is 0 Å². The Balaban J connectivity index is 1.39. The van der Waals surface area contributed by atoms with Crippen molar-refractivity contribution in [2.75, 3.05) is 39.5 Å². The van der Waals surface area contributed by atoms with Crippen molar-refractivity contribution in [3.8, 4) is 0 Å². The molecule has 22 nitrogen and oxygen atoms in total. The number of carbonyl (C=O) groups excluding carboxylic acids is 3. The summed E-state index contributed by atoms with van der Waals surface area (Å²) in [5, 5.41) is 88.2. The summed E-state index contributed by atoms with van der Waals surface area (Å²) in [6.07, 6.45) is -23.2. The molecule has 298 valence electrons. The predicted octanol–water partition coefficient (Wildman–Crippen LogP) is -5.17. The highest BCUT2D eigenvalue weighted by Crippen LogP contribution is 2.38. The summed E-state index contributed by atoms with van der Waals surface area (Å²) >= 11 is 0. The average Bonchev–Trinajstić information content (AvgIpc) is 3.48. The zero-order valence-electron chi connectivity index (χ0n) is 28.2. The van der Waals surface area contributed by atoms with Crippen LogP contribution in [0.3, 0.4) is 0 Å². The Hall–Kier alpha value is -2.65. The fourth-order valence-corrected chi connectivity index (χ4v) is 5.81. The topological polar surface area (TPSA) is 320 Å². The molecule has 4 rings (SSSR count). The van der Waals surface area contributed by atoms with E-state index in [1.807, 2.05) is 0 Å². The molecule has 10 N–H and O–H groups in total. The number of unbranched alkanes of at least 4 members (excludes halogenated alkanes) is 1. The van der Waals surface area contributed by atoms with E-state index < -0.39 is 130 Å². The molecular formula is C30H48N2O20. The lowest BCUT2D eigenvalue weighted by Gasteiger charge is -2.47. The minimum atomic E-state index is -1.99. The van der Waals surface area contributed by atoms with E-state index in [4.69, 9.17) is 42.6 Å². The van der Waals surface area contributed by atoms with Crippen molar-refractivity contribution in [3.63, 3.8) is 0 Å². The quantitative estimate of drug-likeness (QED) is 0.0400. The summed E-state index contributed by atoms with van der Waals surface area (Å²) in [4.78, 5) is 35.8. The summed E-state index contributed by atoms with van der Waals surface area (Å²) in [7, 11) is 0. The first-order valence-corrected chi connectivity index (χ1v) is 16.6. The molecule has 4 saturated heterocycles. The monoisotopic (exact) mass is 756 g/mol. The van der Waals surface area contributed by atoms with Crippen molar-refractivity contribution in [3.05, 3.63) is 12.7 Å². The second-order valence-corrected chi connectivity index (χ2v) is 12.5. The molecule has 4 aliphatic rings. The minimum Gasteiger partial charge on any atom is -0.450 e. The van der Waals surface area contributed by atoms with Crippen molar-refractivity contribution in [2.24, 2.45) is 0 Å². The second kappa shape index (κ2) is 19.1. The number of nitrogens with one attached hydrogen (secondary N) is 2. The van der Waals surface area contributed by atoms with Gasteiger partial charge in [0.15, 0.2) is 25.2 Å². The number of hydrogen-bond acceptors (Lipinski definition) is 20. The van der Waals surface area contributed by atoms with Crippen LogP contribution in [-0.4, -0.2) is 197 Å². The average molecular weight is 757 g/mol. The van der Waals surface area contributed by atoms with Gasteiger partial charge in [0.05, 0.1) is 19.8 Å². The molecule has 2 amide bonds. The third-order valence-corrected chi connectivity index (χ3v) is 8.63. The first kappa shape index (κ1) is 42.1. The highest BCUT2D eigenvalue weighted by molar-refractivity contribution is 5.68. The number of carbonyl (C=O) groups is 3. The van der Waals surface area contributed by atoms with Gasteiger partial charge in [-0.05, 0) is 19.8 Å². The van der Waals surface area contributed by atoms with Crippen molar-refractivity contribution < 1.29 is 97.9 Å². The van der Waals surface area contributed by atoms with Crippen LogP contribution in [0.25, 0.3) is 0 Å². The molecule has 0 saturated carbocycles. The van der Waals surface area contributed by atoms with Gasteiger partial charge in [0.2, 0.25) is 5.79 Å². The zero-order valence-corrected chi connectivity index (χ0v) is 28.2. The van der Waals surface area contributed by atoms with Gasteiger partial charge in [-0.2, -0.15) is 0 Å². The molecule has 4 fully saturated rings. The van der Waals surface area contributed by atoms with Crippen molar-refractivity contribution in [2.45, 2.75) is 118 Å². The zero-order chi connectivity index (χ0) is 38.2. The van der Waals surface area contributed by atoms with Gasteiger partial charge in [-0.15, -0.1) is 6.58 Å². The Kier molecular flexibility index (Phi) is 15.5. The number of allylic oxidation sites excluding steroid dienone is 1. The van der Waals surface area contributed by atoms with Gasteiger partial charge in [0.25, 0.3) is 0 Å². The number of hydrogen-bond donors (Lipinski definition) is 10. The Morgan fingerprint density at radius 1 is 0.750 bits per heavy atom. The SMILES string of the molecule is C=CCCCOC(=O)NCCNC(=O)OCC1O[C@@H]2O[C@@](C)(C=O)OC2C(O)[C@@H]1O[C@@H]1OC(CO)[C@H](O[C@H]2OC(CO)[C@H](O)C(O)C2O)C(O)C1O. The third kappa shape index (κ3) is 10.1. The standard InChI is InChI=1S/C30H48N2O20/c1-3-4-5-8-44-28(42)31-6-7-32-29(43)45-11-15-23(21(41)24-27(48-15)52-30(2,12-35)51-24)50-26-20(40)18(38)22(14(10-34)47-26)49-25-19(39)17(37)16(36)13(9-33)46-25/h3,12-27,33-34,36-41H,1,4-11H2,2H3,(H,31,42)(H,32,43)/t13?,14?,15?,16-,17?,18?,19?,20?,21?,22-,23+,24?,25+,26-,27+,30-/m0/s1. The number of aliphatic hydroxyl groups excluding tert-OH is 8. The molecule has 0 spiro atoms. The second-order valence-electron chi connectivity index (χ2n) is 12.5. The summed E-state index contributed by atoms with van der Waals surface area (Å²) in [5.74, 6) is -1.83. The van der Waals surface area contributed by atoms with E-state index in [1.54, 1.807) is 6.08 Å². The molecule has 0 aliphatic carbocycles. The maximum atomic E-state index is 12.4. The lowest BCUT2D eigenvalue weighted by atomic mass is 9.96. The van der Waals surface area contributed by atoms with Crippen molar-refractivity contribution in [1.29, 1.82) is 0 Å². The van der Waals surface area contributed by atoms with Crippen molar-refractivity contribution in [1.82, 2.24) is 10.6 Å². The van der Waals surface area contributed by atoms with E-state index in [2.05, 4.69) is 17.2 Å². The fourth-order valence-electron chi connectivity index (χ4n) is 5.81. The van der Waals surface area contributed by atoms with Crippen LogP contribution < -0.4 is 10.6 Å². The van der Waals surface area contributed by atoms with E-state index >= 15 is 0 Å². The molecule has 9 unspecified atom stereocenters. The lowest BCUT2D eigenvalue weighted by molar-refractivity contribution is -0.374. The van der Waals surface area contributed by atoms with Gasteiger partial charge < -0.3 is 94.1 Å². The summed E-state index contributed by atoms with van der Waals surface area (Å²) in [6.45, 7) is 2.68. The van der Waals surface area contributed by atoms with Gasteiger partial charge in [-0.3, -0.25) is 4.79 Å². The van der Waals surface area contributed by atoms with Gasteiger partial charge in [0.1, 0.15) is 79.9 Å². The first-order chi connectivity index (χ1) is 24.8. The molecule has 0 aromatic carbocycles. The van der Waals surface area contributed by atoms with Crippen LogP contribution in [-0.2, 0) is 47.4 Å². The number of rotatable bonds is 16. The molecule has 0 radical (unpaired) electrons. The van der Waals surface area contributed by atoms with Crippen LogP contribution in [0.2, 0.25) is 0 Å². The van der Waals surface area contributed by atoms with Gasteiger partial charge in [0, 0.05) is 13.1 Å². The number of amides is 2. The maximum Gasteiger partial charge on any atom is 0.407 e. The van der Waals surface area contributed by atoms with E-state index in [1.165, 1.54) is 6.92 Å². The highest BCUT2D eigenvalue weighted by Gasteiger charge is 2.58. The maximum absolute atomic E-state index is 12.4. The molecule has 22 heteroatoms. The molecule has 16 atom stereocenters. The fraction of sp³-hybridized carbons (Fsp3) is 0.833. The number of ether oxygens (including phenoxy) is 9. The Labute approximate surface area is 297 Å².